The molecule has 3 N–H and O–H groups in total. The molecule has 1 unspecified atom stereocenters. The van der Waals surface area contributed by atoms with E-state index < -0.39 is 15.8 Å². The zero-order valence-corrected chi connectivity index (χ0v) is 11.7. The van der Waals surface area contributed by atoms with Crippen LogP contribution in [0.25, 0.3) is 0 Å². The van der Waals surface area contributed by atoms with Gasteiger partial charge in [0.15, 0.2) is 0 Å². The van der Waals surface area contributed by atoms with Crippen molar-refractivity contribution in [3.8, 4) is 0 Å². The number of hydrogen-bond donors (Lipinski definition) is 2. The summed E-state index contributed by atoms with van der Waals surface area (Å²) < 4.78 is 40.3. The lowest BCUT2D eigenvalue weighted by molar-refractivity contribution is 0.528. The predicted octanol–water partition coefficient (Wildman–Crippen LogP) is 1.75. The van der Waals surface area contributed by atoms with Crippen molar-refractivity contribution in [1.82, 2.24) is 4.72 Å². The van der Waals surface area contributed by atoms with Crippen LogP contribution in [0, 0.1) is 11.7 Å². The molecule has 2 rings (SSSR count). The number of benzene rings is 1. The van der Waals surface area contributed by atoms with Gasteiger partial charge in [0.05, 0.1) is 4.90 Å². The normalized spacial score (nSPS) is 17.4. The van der Waals surface area contributed by atoms with Gasteiger partial charge in [0.25, 0.3) is 0 Å². The molecule has 0 radical (unpaired) electrons. The number of rotatable bonds is 6. The maximum Gasteiger partial charge on any atom is 0.241 e. The van der Waals surface area contributed by atoms with Crippen molar-refractivity contribution in [2.24, 2.45) is 11.7 Å². The summed E-state index contributed by atoms with van der Waals surface area (Å²) in [5, 5.41) is 0. The van der Waals surface area contributed by atoms with E-state index in [1.165, 1.54) is 25.0 Å². The van der Waals surface area contributed by atoms with E-state index in [0.29, 0.717) is 11.5 Å². The molecule has 1 aliphatic carbocycles. The minimum atomic E-state index is -3.71. The standard InChI is InChI=1S/C13H19FN2O2S/c1-9(6-10-2-3-10)16-19(17,18)13-7-12(14)5-4-11(13)8-15/h4-5,7,9-10,16H,2-3,6,8,15H2,1H3. The summed E-state index contributed by atoms with van der Waals surface area (Å²) in [4.78, 5) is -0.0577. The molecular formula is C13H19FN2O2S. The van der Waals surface area contributed by atoms with Crippen LogP contribution in [0.15, 0.2) is 23.1 Å². The van der Waals surface area contributed by atoms with Crippen molar-refractivity contribution < 1.29 is 12.8 Å². The molecule has 19 heavy (non-hydrogen) atoms. The molecule has 0 bridgehead atoms. The van der Waals surface area contributed by atoms with E-state index in [-0.39, 0.29) is 17.5 Å². The smallest absolute Gasteiger partial charge is 0.241 e. The van der Waals surface area contributed by atoms with E-state index in [0.717, 1.165) is 12.5 Å². The number of sulfonamides is 1. The third-order valence-electron chi connectivity index (χ3n) is 3.28. The quantitative estimate of drug-likeness (QED) is 0.837. The second-order valence-corrected chi connectivity index (χ2v) is 6.84. The van der Waals surface area contributed by atoms with Crippen molar-refractivity contribution in [2.75, 3.05) is 0 Å². The topological polar surface area (TPSA) is 72.2 Å². The van der Waals surface area contributed by atoms with Crippen LogP contribution in [0.1, 0.15) is 31.7 Å². The molecule has 0 amide bonds. The monoisotopic (exact) mass is 286 g/mol. The molecule has 1 aliphatic rings. The van der Waals surface area contributed by atoms with Crippen LogP contribution in [0.5, 0.6) is 0 Å². The fourth-order valence-electron chi connectivity index (χ4n) is 2.18. The first kappa shape index (κ1) is 14.4. The van der Waals surface area contributed by atoms with Gasteiger partial charge in [0, 0.05) is 12.6 Å². The Bertz CT molecular complexity index is 556. The van der Waals surface area contributed by atoms with Crippen molar-refractivity contribution in [2.45, 2.75) is 43.7 Å². The Morgan fingerprint density at radius 3 is 2.74 bits per heavy atom. The van der Waals surface area contributed by atoms with E-state index in [1.807, 2.05) is 6.92 Å². The first-order chi connectivity index (χ1) is 8.92. The van der Waals surface area contributed by atoms with E-state index >= 15 is 0 Å². The van der Waals surface area contributed by atoms with Crippen LogP contribution in [0.2, 0.25) is 0 Å². The Balaban J connectivity index is 2.19. The number of nitrogens with one attached hydrogen (secondary N) is 1. The van der Waals surface area contributed by atoms with Gasteiger partial charge >= 0.3 is 0 Å². The molecule has 1 aromatic carbocycles. The molecule has 1 atom stereocenters. The van der Waals surface area contributed by atoms with Crippen molar-refractivity contribution >= 4 is 10.0 Å². The highest BCUT2D eigenvalue weighted by molar-refractivity contribution is 7.89. The maximum atomic E-state index is 13.2. The minimum absolute atomic E-state index is 0.0577. The summed E-state index contributed by atoms with van der Waals surface area (Å²) in [6.45, 7) is 1.89. The summed E-state index contributed by atoms with van der Waals surface area (Å²) >= 11 is 0. The van der Waals surface area contributed by atoms with Crippen molar-refractivity contribution in [1.29, 1.82) is 0 Å². The Hall–Kier alpha value is -0.980. The van der Waals surface area contributed by atoms with Gasteiger partial charge in [-0.3, -0.25) is 0 Å². The molecule has 1 saturated carbocycles. The minimum Gasteiger partial charge on any atom is -0.326 e. The zero-order chi connectivity index (χ0) is 14.0. The van der Waals surface area contributed by atoms with E-state index in [2.05, 4.69) is 4.72 Å². The lowest BCUT2D eigenvalue weighted by Gasteiger charge is -2.15. The van der Waals surface area contributed by atoms with Crippen molar-refractivity contribution in [3.63, 3.8) is 0 Å². The van der Waals surface area contributed by atoms with Crippen LogP contribution in [0.4, 0.5) is 4.39 Å². The second kappa shape index (κ2) is 5.56. The van der Waals surface area contributed by atoms with Crippen molar-refractivity contribution in [3.05, 3.63) is 29.6 Å². The molecule has 0 aromatic heterocycles. The molecule has 0 spiro atoms. The highest BCUT2D eigenvalue weighted by Gasteiger charge is 2.27. The summed E-state index contributed by atoms with van der Waals surface area (Å²) in [7, 11) is -3.71. The molecule has 0 saturated heterocycles. The summed E-state index contributed by atoms with van der Waals surface area (Å²) in [5.41, 5.74) is 5.93. The van der Waals surface area contributed by atoms with Crippen LogP contribution < -0.4 is 10.5 Å². The fourth-order valence-corrected chi connectivity index (χ4v) is 3.69. The second-order valence-electron chi connectivity index (χ2n) is 5.16. The molecule has 6 heteroatoms. The summed E-state index contributed by atoms with van der Waals surface area (Å²) in [5.74, 6) is 0.0478. The Morgan fingerprint density at radius 2 is 2.16 bits per heavy atom. The lowest BCUT2D eigenvalue weighted by atomic mass is 10.2. The van der Waals surface area contributed by atoms with Crippen LogP contribution in [0.3, 0.4) is 0 Å². The predicted molar refractivity (Wildman–Crippen MR) is 71.4 cm³/mol. The van der Waals surface area contributed by atoms with Gasteiger partial charge in [-0.2, -0.15) is 0 Å². The number of hydrogen-bond acceptors (Lipinski definition) is 3. The first-order valence-electron chi connectivity index (χ1n) is 6.43. The highest BCUT2D eigenvalue weighted by Crippen LogP contribution is 2.33. The van der Waals surface area contributed by atoms with Crippen LogP contribution in [-0.4, -0.2) is 14.5 Å². The van der Waals surface area contributed by atoms with Gasteiger partial charge in [-0.25, -0.2) is 17.5 Å². The van der Waals surface area contributed by atoms with Gasteiger partial charge in [0.1, 0.15) is 5.82 Å². The highest BCUT2D eigenvalue weighted by atomic mass is 32.2. The van der Waals surface area contributed by atoms with E-state index in [4.69, 9.17) is 5.73 Å². The number of halogens is 1. The zero-order valence-electron chi connectivity index (χ0n) is 10.9. The summed E-state index contributed by atoms with van der Waals surface area (Å²) in [6.07, 6.45) is 3.16. The van der Waals surface area contributed by atoms with Gasteiger partial charge in [-0.15, -0.1) is 0 Å². The third-order valence-corrected chi connectivity index (χ3v) is 4.95. The first-order valence-corrected chi connectivity index (χ1v) is 7.91. The molecule has 0 aliphatic heterocycles. The van der Waals surface area contributed by atoms with Gasteiger partial charge in [-0.1, -0.05) is 18.9 Å². The van der Waals surface area contributed by atoms with Crippen LogP contribution in [-0.2, 0) is 16.6 Å². The SMILES string of the molecule is CC(CC1CC1)NS(=O)(=O)c1cc(F)ccc1CN. The molecular weight excluding hydrogens is 267 g/mol. The Kier molecular flexibility index (Phi) is 4.23. The van der Waals surface area contributed by atoms with E-state index in [1.54, 1.807) is 0 Å². The third kappa shape index (κ3) is 3.75. The van der Waals surface area contributed by atoms with Gasteiger partial charge < -0.3 is 5.73 Å². The molecule has 106 valence electrons. The van der Waals surface area contributed by atoms with E-state index in [9.17, 15) is 12.8 Å². The molecule has 4 nitrogen and oxygen atoms in total. The fraction of sp³-hybridized carbons (Fsp3) is 0.538. The van der Waals surface area contributed by atoms with Crippen LogP contribution >= 0.6 is 0 Å². The average Bonchev–Trinajstić information content (AvgIpc) is 3.12. The molecule has 1 fully saturated rings. The summed E-state index contributed by atoms with van der Waals surface area (Å²) in [6, 6.07) is 3.50. The Morgan fingerprint density at radius 1 is 1.47 bits per heavy atom. The van der Waals surface area contributed by atoms with Gasteiger partial charge in [-0.05, 0) is 37.0 Å². The average molecular weight is 286 g/mol. The Labute approximate surface area is 113 Å². The molecule has 1 aromatic rings. The largest absolute Gasteiger partial charge is 0.326 e. The lowest BCUT2D eigenvalue weighted by Crippen LogP contribution is -2.33. The maximum absolute atomic E-state index is 13.2. The van der Waals surface area contributed by atoms with Gasteiger partial charge in [0.2, 0.25) is 10.0 Å². The molecule has 0 heterocycles. The number of nitrogens with two attached hydrogens (primary N) is 1.